The van der Waals surface area contributed by atoms with Crippen LogP contribution in [0.1, 0.15) is 31.7 Å². The molecule has 0 aliphatic heterocycles. The van der Waals surface area contributed by atoms with Gasteiger partial charge in [0.2, 0.25) is 0 Å². The van der Waals surface area contributed by atoms with Crippen LogP contribution in [0.5, 0.6) is 5.75 Å². The third-order valence-corrected chi connectivity index (χ3v) is 2.06. The zero-order valence-corrected chi connectivity index (χ0v) is 8.79. The van der Waals surface area contributed by atoms with Crippen LogP contribution in [0.25, 0.3) is 0 Å². The minimum atomic E-state index is 0.565. The van der Waals surface area contributed by atoms with Gasteiger partial charge >= 0.3 is 0 Å². The Bertz CT molecular complexity index is 303. The predicted molar refractivity (Wildman–Crippen MR) is 59.5 cm³/mol. The van der Waals surface area contributed by atoms with Crippen molar-refractivity contribution in [2.45, 2.75) is 26.2 Å². The number of rotatable bonds is 4. The SMILES string of the molecule is C#CCCOc1ccc(C(C)C)cc1. The van der Waals surface area contributed by atoms with E-state index in [1.165, 1.54) is 5.56 Å². The average molecular weight is 188 g/mol. The lowest BCUT2D eigenvalue weighted by molar-refractivity contribution is 0.327. The van der Waals surface area contributed by atoms with E-state index in [-0.39, 0.29) is 0 Å². The molecule has 0 bridgehead atoms. The number of terminal acetylenes is 1. The van der Waals surface area contributed by atoms with Crippen molar-refractivity contribution < 1.29 is 4.74 Å². The van der Waals surface area contributed by atoms with Crippen LogP contribution in [0.3, 0.4) is 0 Å². The van der Waals surface area contributed by atoms with Crippen LogP contribution >= 0.6 is 0 Å². The Morgan fingerprint density at radius 3 is 2.43 bits per heavy atom. The zero-order chi connectivity index (χ0) is 10.4. The first-order valence-corrected chi connectivity index (χ1v) is 4.90. The van der Waals surface area contributed by atoms with Crippen molar-refractivity contribution in [3.8, 4) is 18.1 Å². The Hall–Kier alpha value is -1.42. The molecule has 0 radical (unpaired) electrons. The highest BCUT2D eigenvalue weighted by Gasteiger charge is 1.98. The van der Waals surface area contributed by atoms with Crippen molar-refractivity contribution in [2.24, 2.45) is 0 Å². The summed E-state index contributed by atoms with van der Waals surface area (Å²) in [5.74, 6) is 4.00. The van der Waals surface area contributed by atoms with E-state index in [1.807, 2.05) is 12.1 Å². The van der Waals surface area contributed by atoms with E-state index in [2.05, 4.69) is 31.9 Å². The Morgan fingerprint density at radius 1 is 1.29 bits per heavy atom. The van der Waals surface area contributed by atoms with E-state index in [0.29, 0.717) is 18.9 Å². The minimum absolute atomic E-state index is 0.565. The lowest BCUT2D eigenvalue weighted by atomic mass is 10.0. The molecule has 0 amide bonds. The summed E-state index contributed by atoms with van der Waals surface area (Å²) < 4.78 is 5.44. The average Bonchev–Trinajstić information content (AvgIpc) is 2.19. The van der Waals surface area contributed by atoms with Crippen molar-refractivity contribution >= 4 is 0 Å². The van der Waals surface area contributed by atoms with Crippen molar-refractivity contribution in [3.05, 3.63) is 29.8 Å². The van der Waals surface area contributed by atoms with Crippen LogP contribution in [0.15, 0.2) is 24.3 Å². The largest absolute Gasteiger partial charge is 0.493 e. The molecule has 1 aromatic rings. The fraction of sp³-hybridized carbons (Fsp3) is 0.385. The number of benzene rings is 1. The summed E-state index contributed by atoms with van der Waals surface area (Å²) >= 11 is 0. The number of ether oxygens (including phenoxy) is 1. The molecular weight excluding hydrogens is 172 g/mol. The van der Waals surface area contributed by atoms with Gasteiger partial charge in [-0.1, -0.05) is 26.0 Å². The van der Waals surface area contributed by atoms with Gasteiger partial charge in [0.05, 0.1) is 6.61 Å². The van der Waals surface area contributed by atoms with Crippen molar-refractivity contribution in [1.29, 1.82) is 0 Å². The van der Waals surface area contributed by atoms with Gasteiger partial charge in [0.1, 0.15) is 5.75 Å². The maximum atomic E-state index is 5.44. The highest BCUT2D eigenvalue weighted by Crippen LogP contribution is 2.18. The van der Waals surface area contributed by atoms with Crippen LogP contribution < -0.4 is 4.74 Å². The van der Waals surface area contributed by atoms with Gasteiger partial charge in [0, 0.05) is 6.42 Å². The molecule has 0 aromatic heterocycles. The summed E-state index contributed by atoms with van der Waals surface area (Å²) in [6.45, 7) is 4.94. The molecule has 0 aliphatic carbocycles. The molecular formula is C13H16O. The van der Waals surface area contributed by atoms with Gasteiger partial charge in [-0.15, -0.1) is 12.3 Å². The van der Waals surface area contributed by atoms with Crippen molar-refractivity contribution in [3.63, 3.8) is 0 Å². The summed E-state index contributed by atoms with van der Waals surface area (Å²) in [4.78, 5) is 0. The molecule has 0 unspecified atom stereocenters. The molecule has 0 spiro atoms. The Morgan fingerprint density at radius 2 is 1.93 bits per heavy atom. The van der Waals surface area contributed by atoms with E-state index in [9.17, 15) is 0 Å². The fourth-order valence-corrected chi connectivity index (χ4v) is 1.18. The molecule has 0 saturated carbocycles. The zero-order valence-electron chi connectivity index (χ0n) is 8.79. The standard InChI is InChI=1S/C13H16O/c1-4-5-10-14-13-8-6-12(7-9-13)11(2)3/h1,6-9,11H,5,10H2,2-3H3. The van der Waals surface area contributed by atoms with Crippen LogP contribution in [-0.2, 0) is 0 Å². The fourth-order valence-electron chi connectivity index (χ4n) is 1.18. The summed E-state index contributed by atoms with van der Waals surface area (Å²) in [5, 5.41) is 0. The van der Waals surface area contributed by atoms with Crippen LogP contribution in [0, 0.1) is 12.3 Å². The van der Waals surface area contributed by atoms with Gasteiger partial charge in [0.15, 0.2) is 0 Å². The normalized spacial score (nSPS) is 9.86. The van der Waals surface area contributed by atoms with Gasteiger partial charge < -0.3 is 4.74 Å². The summed E-state index contributed by atoms with van der Waals surface area (Å²) in [6.07, 6.45) is 5.79. The predicted octanol–water partition coefficient (Wildman–Crippen LogP) is 3.21. The molecule has 0 saturated heterocycles. The minimum Gasteiger partial charge on any atom is -0.493 e. The van der Waals surface area contributed by atoms with Gasteiger partial charge in [-0.2, -0.15) is 0 Å². The smallest absolute Gasteiger partial charge is 0.119 e. The van der Waals surface area contributed by atoms with Gasteiger partial charge in [-0.05, 0) is 23.6 Å². The van der Waals surface area contributed by atoms with Crippen molar-refractivity contribution in [1.82, 2.24) is 0 Å². The first-order chi connectivity index (χ1) is 6.74. The molecule has 0 N–H and O–H groups in total. The second kappa shape index (κ2) is 5.34. The molecule has 1 rings (SSSR count). The highest BCUT2D eigenvalue weighted by molar-refractivity contribution is 5.28. The third kappa shape index (κ3) is 3.14. The van der Waals surface area contributed by atoms with Crippen LogP contribution in [0.2, 0.25) is 0 Å². The molecule has 0 atom stereocenters. The summed E-state index contributed by atoms with van der Waals surface area (Å²) in [7, 11) is 0. The first-order valence-electron chi connectivity index (χ1n) is 4.90. The second-order valence-electron chi connectivity index (χ2n) is 3.53. The van der Waals surface area contributed by atoms with Gasteiger partial charge in [0.25, 0.3) is 0 Å². The highest BCUT2D eigenvalue weighted by atomic mass is 16.5. The third-order valence-electron chi connectivity index (χ3n) is 2.06. The molecule has 1 nitrogen and oxygen atoms in total. The van der Waals surface area contributed by atoms with Crippen LogP contribution in [-0.4, -0.2) is 6.61 Å². The van der Waals surface area contributed by atoms with Gasteiger partial charge in [-0.25, -0.2) is 0 Å². The molecule has 0 heterocycles. The monoisotopic (exact) mass is 188 g/mol. The van der Waals surface area contributed by atoms with Gasteiger partial charge in [-0.3, -0.25) is 0 Å². The lowest BCUT2D eigenvalue weighted by Gasteiger charge is -2.07. The molecule has 0 aliphatic rings. The Balaban J connectivity index is 2.52. The summed E-state index contributed by atoms with van der Waals surface area (Å²) in [6, 6.07) is 8.17. The molecule has 1 heteroatoms. The van der Waals surface area contributed by atoms with E-state index in [0.717, 1.165) is 5.75 Å². The van der Waals surface area contributed by atoms with E-state index in [4.69, 9.17) is 11.2 Å². The summed E-state index contributed by atoms with van der Waals surface area (Å²) in [5.41, 5.74) is 1.33. The van der Waals surface area contributed by atoms with E-state index >= 15 is 0 Å². The Kier molecular flexibility index (Phi) is 4.07. The molecule has 1 aromatic carbocycles. The number of hydrogen-bond acceptors (Lipinski definition) is 1. The number of hydrogen-bond donors (Lipinski definition) is 0. The van der Waals surface area contributed by atoms with Crippen LogP contribution in [0.4, 0.5) is 0 Å². The van der Waals surface area contributed by atoms with E-state index < -0.39 is 0 Å². The topological polar surface area (TPSA) is 9.23 Å². The Labute approximate surface area is 86.1 Å². The molecule has 0 fully saturated rings. The maximum absolute atomic E-state index is 5.44. The molecule has 14 heavy (non-hydrogen) atoms. The van der Waals surface area contributed by atoms with E-state index in [1.54, 1.807) is 0 Å². The maximum Gasteiger partial charge on any atom is 0.119 e. The first kappa shape index (κ1) is 10.7. The quantitative estimate of drug-likeness (QED) is 0.520. The second-order valence-corrected chi connectivity index (χ2v) is 3.53. The molecule has 74 valence electrons. The van der Waals surface area contributed by atoms with Crippen molar-refractivity contribution in [2.75, 3.05) is 6.61 Å². The lowest BCUT2D eigenvalue weighted by Crippen LogP contribution is -1.96.